The van der Waals surface area contributed by atoms with E-state index >= 15 is 0 Å². The summed E-state index contributed by atoms with van der Waals surface area (Å²) in [6.45, 7) is 5.25. The lowest BCUT2D eigenvalue weighted by Crippen LogP contribution is -2.29. The molecule has 1 rings (SSSR count). The minimum atomic E-state index is 0.0428. The molecule has 0 aliphatic heterocycles. The van der Waals surface area contributed by atoms with Crippen molar-refractivity contribution in [1.82, 2.24) is 0 Å². The first-order chi connectivity index (χ1) is 9.60. The molecule has 5 heteroatoms. The van der Waals surface area contributed by atoms with Gasteiger partial charge >= 0.3 is 0 Å². The second kappa shape index (κ2) is 9.34. The number of methoxy groups -OCH3 is 2. The number of nitrogens with two attached hydrogens (primary N) is 1. The van der Waals surface area contributed by atoms with Gasteiger partial charge in [0.15, 0.2) is 0 Å². The van der Waals surface area contributed by atoms with E-state index < -0.39 is 0 Å². The van der Waals surface area contributed by atoms with Crippen LogP contribution in [-0.4, -0.2) is 40.5 Å². The molecule has 0 aliphatic carbocycles. The van der Waals surface area contributed by atoms with Gasteiger partial charge < -0.3 is 20.1 Å². The Bertz CT molecular complexity index is 399. The molecule has 0 saturated heterocycles. The summed E-state index contributed by atoms with van der Waals surface area (Å²) >= 11 is 3.65. The summed E-state index contributed by atoms with van der Waals surface area (Å²) in [5.41, 5.74) is 8.21. The van der Waals surface area contributed by atoms with Crippen LogP contribution in [0.25, 0.3) is 0 Å². The fourth-order valence-electron chi connectivity index (χ4n) is 2.02. The highest BCUT2D eigenvalue weighted by molar-refractivity contribution is 9.10. The van der Waals surface area contributed by atoms with Crippen molar-refractivity contribution in [1.29, 1.82) is 0 Å². The SMILES string of the molecule is COCCCN(CCOC)c1ccc([C@@H](C)N)cc1Br. The maximum Gasteiger partial charge on any atom is 0.0637 e. The minimum Gasteiger partial charge on any atom is -0.385 e. The van der Waals surface area contributed by atoms with E-state index in [9.17, 15) is 0 Å². The summed E-state index contributed by atoms with van der Waals surface area (Å²) < 4.78 is 11.4. The first-order valence-electron chi connectivity index (χ1n) is 6.88. The number of nitrogens with zero attached hydrogens (tertiary/aromatic N) is 1. The number of benzene rings is 1. The van der Waals surface area contributed by atoms with Crippen LogP contribution in [0.1, 0.15) is 24.9 Å². The fourth-order valence-corrected chi connectivity index (χ4v) is 2.66. The van der Waals surface area contributed by atoms with Crippen LogP contribution in [0.2, 0.25) is 0 Å². The third-order valence-corrected chi connectivity index (χ3v) is 3.82. The van der Waals surface area contributed by atoms with Crippen LogP contribution in [0.3, 0.4) is 0 Å². The number of hydrogen-bond donors (Lipinski definition) is 1. The molecule has 20 heavy (non-hydrogen) atoms. The number of hydrogen-bond acceptors (Lipinski definition) is 4. The number of ether oxygens (including phenoxy) is 2. The van der Waals surface area contributed by atoms with Crippen molar-refractivity contribution in [3.63, 3.8) is 0 Å². The number of rotatable bonds is 9. The van der Waals surface area contributed by atoms with E-state index in [1.165, 1.54) is 5.69 Å². The van der Waals surface area contributed by atoms with Gasteiger partial charge in [-0.15, -0.1) is 0 Å². The summed E-state index contributed by atoms with van der Waals surface area (Å²) in [7, 11) is 3.45. The summed E-state index contributed by atoms with van der Waals surface area (Å²) in [5.74, 6) is 0. The van der Waals surface area contributed by atoms with Gasteiger partial charge in [0.1, 0.15) is 0 Å². The van der Waals surface area contributed by atoms with Crippen LogP contribution < -0.4 is 10.6 Å². The summed E-state index contributed by atoms with van der Waals surface area (Å²) in [6.07, 6.45) is 0.988. The molecule has 0 saturated carbocycles. The van der Waals surface area contributed by atoms with Gasteiger partial charge in [0.2, 0.25) is 0 Å². The fraction of sp³-hybridized carbons (Fsp3) is 0.600. The highest BCUT2D eigenvalue weighted by Crippen LogP contribution is 2.29. The van der Waals surface area contributed by atoms with Crippen molar-refractivity contribution in [2.24, 2.45) is 5.73 Å². The van der Waals surface area contributed by atoms with Crippen LogP contribution in [0.5, 0.6) is 0 Å². The Hall–Kier alpha value is -0.620. The van der Waals surface area contributed by atoms with Gasteiger partial charge in [0.05, 0.1) is 12.3 Å². The molecular weight excluding hydrogens is 320 g/mol. The predicted molar refractivity (Wildman–Crippen MR) is 87.3 cm³/mol. The van der Waals surface area contributed by atoms with E-state index in [0.717, 1.165) is 36.2 Å². The van der Waals surface area contributed by atoms with E-state index in [1.54, 1.807) is 14.2 Å². The van der Waals surface area contributed by atoms with Gasteiger partial charge in [-0.05, 0) is 47.0 Å². The standard InChI is InChI=1S/C15H25BrN2O2/c1-12(17)13-5-6-15(14(16)11-13)18(8-10-20-3)7-4-9-19-2/h5-6,11-12H,4,7-10,17H2,1-3H3/t12-/m1/s1. The topological polar surface area (TPSA) is 47.7 Å². The molecule has 1 aromatic rings. The monoisotopic (exact) mass is 344 g/mol. The summed E-state index contributed by atoms with van der Waals surface area (Å²) in [6, 6.07) is 6.34. The van der Waals surface area contributed by atoms with Crippen LogP contribution in [-0.2, 0) is 9.47 Å². The second-order valence-electron chi connectivity index (χ2n) is 4.83. The van der Waals surface area contributed by atoms with E-state index in [1.807, 2.05) is 6.92 Å². The molecule has 0 spiro atoms. The zero-order chi connectivity index (χ0) is 15.0. The van der Waals surface area contributed by atoms with E-state index in [0.29, 0.717) is 6.61 Å². The Morgan fingerprint density at radius 1 is 1.20 bits per heavy atom. The lowest BCUT2D eigenvalue weighted by atomic mass is 10.1. The first-order valence-corrected chi connectivity index (χ1v) is 7.67. The number of anilines is 1. The van der Waals surface area contributed by atoms with Crippen molar-refractivity contribution < 1.29 is 9.47 Å². The third kappa shape index (κ3) is 5.40. The predicted octanol–water partition coefficient (Wildman–Crippen LogP) is 2.96. The van der Waals surface area contributed by atoms with Gasteiger partial charge in [0, 0.05) is 44.4 Å². The zero-order valence-electron chi connectivity index (χ0n) is 12.6. The third-order valence-electron chi connectivity index (χ3n) is 3.18. The van der Waals surface area contributed by atoms with Crippen LogP contribution in [0.15, 0.2) is 22.7 Å². The van der Waals surface area contributed by atoms with Gasteiger partial charge in [-0.2, -0.15) is 0 Å². The molecular formula is C15H25BrN2O2. The Morgan fingerprint density at radius 2 is 1.90 bits per heavy atom. The van der Waals surface area contributed by atoms with Gasteiger partial charge in [-0.1, -0.05) is 6.07 Å². The first kappa shape index (κ1) is 17.4. The van der Waals surface area contributed by atoms with Crippen LogP contribution in [0, 0.1) is 0 Å². The molecule has 4 nitrogen and oxygen atoms in total. The molecule has 0 radical (unpaired) electrons. The van der Waals surface area contributed by atoms with Crippen molar-refractivity contribution in [2.45, 2.75) is 19.4 Å². The lowest BCUT2D eigenvalue weighted by molar-refractivity contribution is 0.191. The quantitative estimate of drug-likeness (QED) is 0.699. The molecule has 1 atom stereocenters. The molecule has 0 aliphatic rings. The van der Waals surface area contributed by atoms with Gasteiger partial charge in [-0.25, -0.2) is 0 Å². The highest BCUT2D eigenvalue weighted by atomic mass is 79.9. The zero-order valence-corrected chi connectivity index (χ0v) is 14.1. The largest absolute Gasteiger partial charge is 0.385 e. The van der Waals surface area contributed by atoms with Gasteiger partial charge in [-0.3, -0.25) is 0 Å². The maximum atomic E-state index is 5.92. The van der Waals surface area contributed by atoms with E-state index in [2.05, 4.69) is 39.0 Å². The van der Waals surface area contributed by atoms with Crippen molar-refractivity contribution >= 4 is 21.6 Å². The van der Waals surface area contributed by atoms with Crippen LogP contribution >= 0.6 is 15.9 Å². The summed E-state index contributed by atoms with van der Waals surface area (Å²) in [4.78, 5) is 2.30. The summed E-state index contributed by atoms with van der Waals surface area (Å²) in [5, 5.41) is 0. The normalized spacial score (nSPS) is 12.4. The van der Waals surface area contributed by atoms with Crippen molar-refractivity contribution in [3.05, 3.63) is 28.2 Å². The molecule has 0 unspecified atom stereocenters. The van der Waals surface area contributed by atoms with Crippen molar-refractivity contribution in [3.8, 4) is 0 Å². The minimum absolute atomic E-state index is 0.0428. The van der Waals surface area contributed by atoms with Crippen molar-refractivity contribution in [2.75, 3.05) is 45.4 Å². The Morgan fingerprint density at radius 3 is 2.45 bits per heavy atom. The number of halogens is 1. The Kier molecular flexibility index (Phi) is 8.14. The van der Waals surface area contributed by atoms with Crippen LogP contribution in [0.4, 0.5) is 5.69 Å². The second-order valence-corrected chi connectivity index (χ2v) is 5.68. The molecule has 2 N–H and O–H groups in total. The highest BCUT2D eigenvalue weighted by Gasteiger charge is 2.11. The van der Waals surface area contributed by atoms with E-state index in [4.69, 9.17) is 15.2 Å². The maximum absolute atomic E-state index is 5.92. The molecule has 0 amide bonds. The lowest BCUT2D eigenvalue weighted by Gasteiger charge is -2.26. The average Bonchev–Trinajstić information content (AvgIpc) is 2.43. The molecule has 0 heterocycles. The smallest absolute Gasteiger partial charge is 0.0637 e. The Balaban J connectivity index is 2.82. The average molecular weight is 345 g/mol. The molecule has 0 aromatic heterocycles. The molecule has 114 valence electrons. The van der Waals surface area contributed by atoms with E-state index in [-0.39, 0.29) is 6.04 Å². The van der Waals surface area contributed by atoms with Gasteiger partial charge in [0.25, 0.3) is 0 Å². The molecule has 1 aromatic carbocycles. The molecule has 0 bridgehead atoms. The Labute approximate surface area is 130 Å². The molecule has 0 fully saturated rings.